The summed E-state index contributed by atoms with van der Waals surface area (Å²) in [5.41, 5.74) is 0.914. The number of carbonyl (C=O) groups excluding carboxylic acids is 1. The van der Waals surface area contributed by atoms with Crippen LogP contribution in [0.4, 0.5) is 0 Å². The summed E-state index contributed by atoms with van der Waals surface area (Å²) in [5, 5.41) is 10.5. The molecule has 3 saturated carbocycles. The highest BCUT2D eigenvalue weighted by molar-refractivity contribution is 5.75. The summed E-state index contributed by atoms with van der Waals surface area (Å²) in [6.45, 7) is 16.1. The molecule has 0 bridgehead atoms. The minimum absolute atomic E-state index is 0.0247. The van der Waals surface area contributed by atoms with Gasteiger partial charge in [-0.2, -0.15) is 0 Å². The monoisotopic (exact) mass is 514 g/mol. The topological polar surface area (TPSA) is 65.0 Å². The van der Waals surface area contributed by atoms with Gasteiger partial charge in [0.1, 0.15) is 6.10 Å². The molecule has 0 radical (unpaired) electrons. The average molecular weight is 515 g/mol. The third kappa shape index (κ3) is 3.76. The molecule has 6 rings (SSSR count). The zero-order valence-corrected chi connectivity index (χ0v) is 24.2. The van der Waals surface area contributed by atoms with Crippen LogP contribution in [0.1, 0.15) is 99.8 Å². The van der Waals surface area contributed by atoms with Gasteiger partial charge in [-0.15, -0.1) is 0 Å². The van der Waals surface area contributed by atoms with Crippen molar-refractivity contribution in [3.05, 3.63) is 11.6 Å². The lowest BCUT2D eigenvalue weighted by atomic mass is 9.45. The molecule has 0 aromatic carbocycles. The van der Waals surface area contributed by atoms with E-state index in [1.165, 1.54) is 18.4 Å². The maximum Gasteiger partial charge on any atom is 0.311 e. The fourth-order valence-corrected chi connectivity index (χ4v) is 9.91. The number of hydrogen-bond donors (Lipinski definition) is 1. The van der Waals surface area contributed by atoms with E-state index in [2.05, 4.69) is 33.8 Å². The van der Waals surface area contributed by atoms with Crippen molar-refractivity contribution >= 4 is 5.97 Å². The molecule has 12 atom stereocenters. The maximum absolute atomic E-state index is 13.4. The SMILES string of the molecule is C[C@H]1CC[C@@]2(OC1)O[C@H]1C=C3[C@@H]4CC[C@H]5C[C@@H](O)CC[C@]5(C)[C@H]4C[C@H](OC(=O)C(C)(C)C)[C@]3(C)[C@H]1[C@@H]2C. The van der Waals surface area contributed by atoms with E-state index in [-0.39, 0.29) is 46.9 Å². The Morgan fingerprint density at radius 2 is 1.84 bits per heavy atom. The van der Waals surface area contributed by atoms with Crippen LogP contribution in [0.2, 0.25) is 0 Å². The molecule has 5 heteroatoms. The van der Waals surface area contributed by atoms with Crippen molar-refractivity contribution in [2.75, 3.05) is 6.61 Å². The van der Waals surface area contributed by atoms with Gasteiger partial charge in [-0.25, -0.2) is 0 Å². The lowest BCUT2D eigenvalue weighted by molar-refractivity contribution is -0.265. The summed E-state index contributed by atoms with van der Waals surface area (Å²) in [6.07, 6.45) is 10.4. The molecule has 2 aliphatic heterocycles. The van der Waals surface area contributed by atoms with Crippen LogP contribution in [0.15, 0.2) is 11.6 Å². The van der Waals surface area contributed by atoms with Gasteiger partial charge in [0.25, 0.3) is 0 Å². The summed E-state index contributed by atoms with van der Waals surface area (Å²) >= 11 is 0. The van der Waals surface area contributed by atoms with Gasteiger partial charge in [0.2, 0.25) is 0 Å². The maximum atomic E-state index is 13.4. The van der Waals surface area contributed by atoms with Gasteiger partial charge in [0.05, 0.1) is 24.2 Å². The summed E-state index contributed by atoms with van der Waals surface area (Å²) in [7, 11) is 0. The third-order valence-corrected chi connectivity index (χ3v) is 12.2. The van der Waals surface area contributed by atoms with Crippen LogP contribution in [0.5, 0.6) is 0 Å². The molecule has 6 aliphatic rings. The Kier molecular flexibility index (Phi) is 6.08. The van der Waals surface area contributed by atoms with Gasteiger partial charge in [-0.3, -0.25) is 4.79 Å². The highest BCUT2D eigenvalue weighted by atomic mass is 16.7. The molecule has 0 aromatic heterocycles. The van der Waals surface area contributed by atoms with Crippen LogP contribution in [0, 0.1) is 51.8 Å². The Hall–Kier alpha value is -0.910. The molecule has 2 heterocycles. The van der Waals surface area contributed by atoms with Crippen LogP contribution in [0.3, 0.4) is 0 Å². The zero-order chi connectivity index (χ0) is 26.5. The third-order valence-electron chi connectivity index (χ3n) is 12.2. The summed E-state index contributed by atoms with van der Waals surface area (Å²) in [4.78, 5) is 13.4. The van der Waals surface area contributed by atoms with Gasteiger partial charge >= 0.3 is 5.97 Å². The molecule has 0 amide bonds. The Bertz CT molecular complexity index is 957. The Morgan fingerprint density at radius 3 is 2.51 bits per heavy atom. The Morgan fingerprint density at radius 1 is 1.08 bits per heavy atom. The number of ether oxygens (including phenoxy) is 3. The summed E-state index contributed by atoms with van der Waals surface area (Å²) in [6, 6.07) is 0. The number of aliphatic hydroxyl groups is 1. The van der Waals surface area contributed by atoms with E-state index in [0.29, 0.717) is 23.7 Å². The molecular formula is C32H50O5. The second-order valence-electron chi connectivity index (χ2n) is 15.4. The Balaban J connectivity index is 1.39. The highest BCUT2D eigenvalue weighted by Gasteiger charge is 2.69. The van der Waals surface area contributed by atoms with Crippen molar-refractivity contribution in [1.29, 1.82) is 0 Å². The molecule has 1 spiro atoms. The highest BCUT2D eigenvalue weighted by Crippen LogP contribution is 2.70. The van der Waals surface area contributed by atoms with Crippen LogP contribution in [-0.4, -0.2) is 41.8 Å². The van der Waals surface area contributed by atoms with Crippen LogP contribution in [0.25, 0.3) is 0 Å². The molecule has 5 fully saturated rings. The van der Waals surface area contributed by atoms with Gasteiger partial charge in [-0.1, -0.05) is 39.3 Å². The molecule has 2 saturated heterocycles. The van der Waals surface area contributed by atoms with Gasteiger partial charge < -0.3 is 19.3 Å². The van der Waals surface area contributed by atoms with E-state index in [1.807, 2.05) is 20.8 Å². The first kappa shape index (κ1) is 26.3. The summed E-state index contributed by atoms with van der Waals surface area (Å²) in [5.74, 6) is 2.01. The predicted molar refractivity (Wildman–Crippen MR) is 142 cm³/mol. The fraction of sp³-hybridized carbons (Fsp3) is 0.906. The van der Waals surface area contributed by atoms with Crippen molar-refractivity contribution in [1.82, 2.24) is 0 Å². The van der Waals surface area contributed by atoms with Crippen LogP contribution < -0.4 is 0 Å². The lowest BCUT2D eigenvalue weighted by Gasteiger charge is -2.61. The first-order valence-corrected chi connectivity index (χ1v) is 15.2. The summed E-state index contributed by atoms with van der Waals surface area (Å²) < 4.78 is 20.0. The van der Waals surface area contributed by atoms with E-state index in [0.717, 1.165) is 45.1 Å². The van der Waals surface area contributed by atoms with Crippen molar-refractivity contribution in [3.8, 4) is 0 Å². The van der Waals surface area contributed by atoms with E-state index in [1.54, 1.807) is 0 Å². The molecule has 0 unspecified atom stereocenters. The minimum Gasteiger partial charge on any atom is -0.461 e. The number of rotatable bonds is 1. The van der Waals surface area contributed by atoms with Crippen molar-refractivity contribution in [2.24, 2.45) is 51.8 Å². The number of hydrogen-bond acceptors (Lipinski definition) is 5. The number of aliphatic hydroxyl groups excluding tert-OH is 1. The minimum atomic E-state index is -0.537. The van der Waals surface area contributed by atoms with Gasteiger partial charge in [0, 0.05) is 23.7 Å². The standard InChI is InChI=1S/C32H50O5/c1-18-10-13-32(35-17-18)19(2)27-25(37-32)15-24-22-9-8-20-14-21(33)11-12-30(20,6)23(22)16-26(31(24,27)7)36-28(34)29(3,4)5/h15,18-23,25-27,33H,8-14,16-17H2,1-7H3/t18-,19-,20-,21-,22+,23-,25-,26-,27-,30-,31+,32+/m0/s1. The van der Waals surface area contributed by atoms with Gasteiger partial charge in [-0.05, 0) is 94.8 Å². The van der Waals surface area contributed by atoms with E-state index in [4.69, 9.17) is 14.2 Å². The quantitative estimate of drug-likeness (QED) is 0.329. The second kappa shape index (κ2) is 8.54. The molecule has 1 N–H and O–H groups in total. The number of fused-ring (bicyclic) bond motifs is 7. The first-order valence-electron chi connectivity index (χ1n) is 15.2. The average Bonchev–Trinajstić information content (AvgIpc) is 3.27. The van der Waals surface area contributed by atoms with Crippen molar-refractivity contribution < 1.29 is 24.1 Å². The zero-order valence-electron chi connectivity index (χ0n) is 24.2. The number of carbonyl (C=O) groups is 1. The molecule has 4 aliphatic carbocycles. The second-order valence-corrected chi connectivity index (χ2v) is 15.4. The molecule has 208 valence electrons. The van der Waals surface area contributed by atoms with Crippen molar-refractivity contribution in [2.45, 2.75) is 124 Å². The normalized spacial score (nSPS) is 53.1. The fourth-order valence-electron chi connectivity index (χ4n) is 9.91. The molecule has 37 heavy (non-hydrogen) atoms. The first-order chi connectivity index (χ1) is 17.3. The van der Waals surface area contributed by atoms with E-state index >= 15 is 0 Å². The lowest BCUT2D eigenvalue weighted by Crippen LogP contribution is -2.58. The molecule has 0 aromatic rings. The smallest absolute Gasteiger partial charge is 0.311 e. The van der Waals surface area contributed by atoms with Crippen LogP contribution in [-0.2, 0) is 19.0 Å². The molecular weight excluding hydrogens is 464 g/mol. The number of esters is 1. The van der Waals surface area contributed by atoms with Crippen molar-refractivity contribution in [3.63, 3.8) is 0 Å². The van der Waals surface area contributed by atoms with Gasteiger partial charge in [0.15, 0.2) is 5.79 Å². The Labute approximate surface area is 224 Å². The molecule has 5 nitrogen and oxygen atoms in total. The largest absolute Gasteiger partial charge is 0.461 e. The van der Waals surface area contributed by atoms with E-state index in [9.17, 15) is 9.90 Å². The van der Waals surface area contributed by atoms with Crippen LogP contribution >= 0.6 is 0 Å². The van der Waals surface area contributed by atoms with E-state index < -0.39 is 11.2 Å². The predicted octanol–water partition coefficient (Wildman–Crippen LogP) is 6.28.